The summed E-state index contributed by atoms with van der Waals surface area (Å²) in [6.45, 7) is 3.51. The average molecular weight is 299 g/mol. The van der Waals surface area contributed by atoms with Crippen molar-refractivity contribution < 1.29 is 14.0 Å². The number of hydrogen-bond acceptors (Lipinski definition) is 2. The third-order valence-electron chi connectivity index (χ3n) is 3.74. The van der Waals surface area contributed by atoms with E-state index in [0.29, 0.717) is 12.8 Å². The fourth-order valence-electron chi connectivity index (χ4n) is 2.45. The quantitative estimate of drug-likeness (QED) is 0.932. The van der Waals surface area contributed by atoms with E-state index in [9.17, 15) is 14.0 Å². The molecule has 2 rings (SSSR count). The molecule has 0 bridgehead atoms. The second kappa shape index (κ2) is 5.40. The number of amides is 2. The first-order valence-electron chi connectivity index (χ1n) is 6.51. The van der Waals surface area contributed by atoms with Crippen molar-refractivity contribution in [2.75, 3.05) is 11.4 Å². The summed E-state index contributed by atoms with van der Waals surface area (Å²) in [5.41, 5.74) is -0.705. The molecule has 1 N–H and O–H groups in total. The molecule has 0 aliphatic carbocycles. The van der Waals surface area contributed by atoms with Crippen LogP contribution < -0.4 is 10.2 Å². The molecule has 2 amide bonds. The summed E-state index contributed by atoms with van der Waals surface area (Å²) in [5.74, 6) is -1.02. The number of nitrogens with one attached hydrogen (secondary N) is 1. The van der Waals surface area contributed by atoms with E-state index in [1.807, 2.05) is 13.8 Å². The van der Waals surface area contributed by atoms with Crippen LogP contribution in [0.3, 0.4) is 0 Å². The van der Waals surface area contributed by atoms with Gasteiger partial charge in [-0.3, -0.25) is 14.5 Å². The topological polar surface area (TPSA) is 49.4 Å². The minimum Gasteiger partial charge on any atom is -0.340 e. The fraction of sp³-hybridized carbons (Fsp3) is 0.429. The summed E-state index contributed by atoms with van der Waals surface area (Å²) >= 11 is 6.03. The first kappa shape index (κ1) is 14.8. The molecular formula is C14H16ClFN2O2. The maximum absolute atomic E-state index is 13.4. The van der Waals surface area contributed by atoms with Crippen LogP contribution in [-0.2, 0) is 9.59 Å². The van der Waals surface area contributed by atoms with Gasteiger partial charge in [-0.1, -0.05) is 25.4 Å². The van der Waals surface area contributed by atoms with Crippen LogP contribution in [0.4, 0.5) is 10.1 Å². The van der Waals surface area contributed by atoms with Crippen molar-refractivity contribution in [3.05, 3.63) is 29.0 Å². The van der Waals surface area contributed by atoms with E-state index in [-0.39, 0.29) is 29.1 Å². The Hall–Kier alpha value is -1.62. The van der Waals surface area contributed by atoms with Gasteiger partial charge in [-0.2, -0.15) is 0 Å². The first-order valence-corrected chi connectivity index (χ1v) is 6.89. The van der Waals surface area contributed by atoms with E-state index in [1.165, 1.54) is 23.1 Å². The van der Waals surface area contributed by atoms with Gasteiger partial charge in [0.1, 0.15) is 17.9 Å². The fourth-order valence-corrected chi connectivity index (χ4v) is 2.67. The second-order valence-corrected chi connectivity index (χ2v) is 5.23. The van der Waals surface area contributed by atoms with Gasteiger partial charge in [-0.15, -0.1) is 0 Å². The molecule has 1 saturated heterocycles. The summed E-state index contributed by atoms with van der Waals surface area (Å²) < 4.78 is 13.4. The van der Waals surface area contributed by atoms with Crippen LogP contribution in [0.5, 0.6) is 0 Å². The third-order valence-corrected chi connectivity index (χ3v) is 4.06. The number of carbonyl (C=O) groups excluding carboxylic acids is 2. The maximum atomic E-state index is 13.4. The van der Waals surface area contributed by atoms with Gasteiger partial charge in [-0.05, 0) is 31.0 Å². The zero-order valence-corrected chi connectivity index (χ0v) is 12.1. The number of carbonyl (C=O) groups is 2. The lowest BCUT2D eigenvalue weighted by atomic mass is 9.88. The minimum absolute atomic E-state index is 0.149. The maximum Gasteiger partial charge on any atom is 0.253 e. The minimum atomic E-state index is -0.940. The highest BCUT2D eigenvalue weighted by Crippen LogP contribution is 2.31. The summed E-state index contributed by atoms with van der Waals surface area (Å²) in [6, 6.07) is 3.77. The third kappa shape index (κ3) is 2.38. The molecule has 0 saturated carbocycles. The second-order valence-electron chi connectivity index (χ2n) is 4.82. The van der Waals surface area contributed by atoms with E-state index < -0.39 is 11.4 Å². The summed E-state index contributed by atoms with van der Waals surface area (Å²) in [7, 11) is 0. The Morgan fingerprint density at radius 2 is 2.00 bits per heavy atom. The van der Waals surface area contributed by atoms with Crippen LogP contribution >= 0.6 is 11.6 Å². The molecule has 20 heavy (non-hydrogen) atoms. The molecule has 1 aliphatic heterocycles. The van der Waals surface area contributed by atoms with Crippen molar-refractivity contribution in [1.29, 1.82) is 0 Å². The molecule has 0 atom stereocenters. The van der Waals surface area contributed by atoms with Crippen molar-refractivity contribution in [2.45, 2.75) is 32.2 Å². The molecule has 1 aromatic carbocycles. The van der Waals surface area contributed by atoms with E-state index in [2.05, 4.69) is 5.32 Å². The average Bonchev–Trinajstić information content (AvgIpc) is 2.44. The molecular weight excluding hydrogens is 283 g/mol. The van der Waals surface area contributed by atoms with Crippen LogP contribution in [0.25, 0.3) is 0 Å². The highest BCUT2D eigenvalue weighted by Gasteiger charge is 2.44. The van der Waals surface area contributed by atoms with Gasteiger partial charge in [0, 0.05) is 0 Å². The smallest absolute Gasteiger partial charge is 0.253 e. The first-order chi connectivity index (χ1) is 9.43. The molecule has 108 valence electrons. The molecule has 0 radical (unpaired) electrons. The highest BCUT2D eigenvalue weighted by molar-refractivity contribution is 6.34. The van der Waals surface area contributed by atoms with E-state index >= 15 is 0 Å². The number of rotatable bonds is 3. The van der Waals surface area contributed by atoms with Gasteiger partial charge in [0.2, 0.25) is 5.91 Å². The Balaban J connectivity index is 2.47. The van der Waals surface area contributed by atoms with Crippen molar-refractivity contribution in [3.8, 4) is 0 Å². The summed E-state index contributed by atoms with van der Waals surface area (Å²) in [6.07, 6.45) is 0.940. The molecule has 1 aromatic rings. The van der Waals surface area contributed by atoms with E-state index in [1.54, 1.807) is 0 Å². The number of hydrogen-bond donors (Lipinski definition) is 1. The van der Waals surface area contributed by atoms with Gasteiger partial charge < -0.3 is 5.32 Å². The SMILES string of the molecule is CCC1(CC)NC(=O)CN(c2cc(F)ccc2Cl)C1=O. The molecule has 0 spiro atoms. The number of nitrogens with zero attached hydrogens (tertiary/aromatic N) is 1. The molecule has 1 aliphatic rings. The summed E-state index contributed by atoms with van der Waals surface area (Å²) in [4.78, 5) is 25.8. The van der Waals surface area contributed by atoms with Crippen molar-refractivity contribution in [2.24, 2.45) is 0 Å². The van der Waals surface area contributed by atoms with Crippen LogP contribution in [0.1, 0.15) is 26.7 Å². The van der Waals surface area contributed by atoms with E-state index in [0.717, 1.165) is 0 Å². The van der Waals surface area contributed by atoms with Crippen molar-refractivity contribution in [3.63, 3.8) is 0 Å². The van der Waals surface area contributed by atoms with Gasteiger partial charge in [0.25, 0.3) is 5.91 Å². The lowest BCUT2D eigenvalue weighted by Crippen LogP contribution is -2.66. The highest BCUT2D eigenvalue weighted by atomic mass is 35.5. The number of piperazine rings is 1. The number of halogens is 2. The van der Waals surface area contributed by atoms with Crippen LogP contribution in [0, 0.1) is 5.82 Å². The normalized spacial score (nSPS) is 18.1. The Bertz CT molecular complexity index is 558. The number of anilines is 1. The zero-order chi connectivity index (χ0) is 14.9. The lowest BCUT2D eigenvalue weighted by Gasteiger charge is -2.41. The van der Waals surface area contributed by atoms with Gasteiger partial charge in [0.05, 0.1) is 10.7 Å². The van der Waals surface area contributed by atoms with Crippen LogP contribution in [-0.4, -0.2) is 23.9 Å². The van der Waals surface area contributed by atoms with E-state index in [4.69, 9.17) is 11.6 Å². The molecule has 1 heterocycles. The molecule has 6 heteroatoms. The van der Waals surface area contributed by atoms with Crippen LogP contribution in [0.2, 0.25) is 5.02 Å². The Labute approximate surface area is 121 Å². The van der Waals surface area contributed by atoms with Crippen LogP contribution in [0.15, 0.2) is 18.2 Å². The Morgan fingerprint density at radius 3 is 2.60 bits per heavy atom. The molecule has 4 nitrogen and oxygen atoms in total. The van der Waals surface area contributed by atoms with Crippen molar-refractivity contribution in [1.82, 2.24) is 5.32 Å². The Morgan fingerprint density at radius 1 is 1.35 bits per heavy atom. The van der Waals surface area contributed by atoms with Gasteiger partial charge >= 0.3 is 0 Å². The van der Waals surface area contributed by atoms with Gasteiger partial charge in [-0.25, -0.2) is 4.39 Å². The van der Waals surface area contributed by atoms with Crippen molar-refractivity contribution >= 4 is 29.1 Å². The largest absolute Gasteiger partial charge is 0.340 e. The predicted molar refractivity (Wildman–Crippen MR) is 75.2 cm³/mol. The zero-order valence-electron chi connectivity index (χ0n) is 11.4. The Kier molecular flexibility index (Phi) is 3.99. The predicted octanol–water partition coefficient (Wildman–Crippen LogP) is 2.50. The molecule has 0 aromatic heterocycles. The monoisotopic (exact) mass is 298 g/mol. The van der Waals surface area contributed by atoms with Gasteiger partial charge in [0.15, 0.2) is 0 Å². The standard InChI is InChI=1S/C14H16ClFN2O2/c1-3-14(4-2)13(20)18(8-12(19)17-14)11-7-9(16)5-6-10(11)15/h5-7H,3-4,8H2,1-2H3,(H,17,19). The molecule has 0 unspecified atom stereocenters. The lowest BCUT2D eigenvalue weighted by molar-refractivity contribution is -0.136. The summed E-state index contributed by atoms with van der Waals surface area (Å²) in [5, 5.41) is 2.99. The number of benzene rings is 1. The molecule has 1 fully saturated rings.